The van der Waals surface area contributed by atoms with E-state index in [-0.39, 0.29) is 0 Å². The summed E-state index contributed by atoms with van der Waals surface area (Å²) in [5, 5.41) is 9.22. The molecule has 2 aromatic rings. The third kappa shape index (κ3) is 2.47. The van der Waals surface area contributed by atoms with Crippen molar-refractivity contribution in [1.29, 1.82) is 5.26 Å². The Morgan fingerprint density at radius 3 is 2.79 bits per heavy atom. The van der Waals surface area contributed by atoms with Gasteiger partial charge in [-0.3, -0.25) is 0 Å². The highest BCUT2D eigenvalue weighted by Crippen LogP contribution is 2.24. The van der Waals surface area contributed by atoms with Crippen LogP contribution in [0, 0.1) is 11.3 Å². The van der Waals surface area contributed by atoms with Gasteiger partial charge in [0.05, 0.1) is 11.6 Å². The van der Waals surface area contributed by atoms with E-state index in [1.165, 1.54) is 5.56 Å². The summed E-state index contributed by atoms with van der Waals surface area (Å²) in [6.45, 7) is 0. The number of hydrogen-bond acceptors (Lipinski definition) is 4. The third-order valence-electron chi connectivity index (χ3n) is 3.40. The molecule has 0 bridgehead atoms. The van der Waals surface area contributed by atoms with E-state index in [0.29, 0.717) is 10.8 Å². The summed E-state index contributed by atoms with van der Waals surface area (Å²) < 4.78 is 0. The van der Waals surface area contributed by atoms with E-state index >= 15 is 0 Å². The molecule has 1 unspecified atom stereocenters. The van der Waals surface area contributed by atoms with Gasteiger partial charge in [0, 0.05) is 22.7 Å². The number of fused-ring (bicyclic) bond motifs is 1. The number of thiol groups is 1. The Bertz CT molecular complexity index is 643. The standard InChI is InChI=1S/C15H13N3S/c16-8-10-1-3-11(4-2-10)15-17-9-12-7-13(19)5-6-14(12)18-15/h1-4,9,13,19H,5-7H2. The van der Waals surface area contributed by atoms with Crippen molar-refractivity contribution in [2.24, 2.45) is 0 Å². The van der Waals surface area contributed by atoms with Crippen LogP contribution in [0.2, 0.25) is 0 Å². The van der Waals surface area contributed by atoms with Gasteiger partial charge in [0.1, 0.15) is 0 Å². The van der Waals surface area contributed by atoms with Crippen molar-refractivity contribution in [2.75, 3.05) is 0 Å². The molecule has 0 amide bonds. The maximum Gasteiger partial charge on any atom is 0.159 e. The lowest BCUT2D eigenvalue weighted by molar-refractivity contribution is 0.682. The largest absolute Gasteiger partial charge is 0.236 e. The molecule has 4 heteroatoms. The van der Waals surface area contributed by atoms with Gasteiger partial charge in [0.2, 0.25) is 0 Å². The number of aromatic nitrogens is 2. The van der Waals surface area contributed by atoms with Crippen molar-refractivity contribution in [3.05, 3.63) is 47.3 Å². The summed E-state index contributed by atoms with van der Waals surface area (Å²) in [5.74, 6) is 0.737. The van der Waals surface area contributed by atoms with E-state index in [1.54, 1.807) is 12.1 Å². The smallest absolute Gasteiger partial charge is 0.159 e. The fourth-order valence-corrected chi connectivity index (χ4v) is 2.65. The van der Waals surface area contributed by atoms with Crippen LogP contribution in [0.25, 0.3) is 11.4 Å². The molecular formula is C15H13N3S. The predicted octanol–water partition coefficient (Wildman–Crippen LogP) is 2.80. The Balaban J connectivity index is 1.95. The average molecular weight is 267 g/mol. The molecule has 0 saturated carbocycles. The van der Waals surface area contributed by atoms with E-state index in [2.05, 4.69) is 28.7 Å². The zero-order valence-electron chi connectivity index (χ0n) is 10.4. The summed E-state index contributed by atoms with van der Waals surface area (Å²) in [6.07, 6.45) is 4.90. The fourth-order valence-electron chi connectivity index (χ4n) is 2.32. The lowest BCUT2D eigenvalue weighted by atomic mass is 9.97. The number of aryl methyl sites for hydroxylation is 1. The molecule has 94 valence electrons. The van der Waals surface area contributed by atoms with Gasteiger partial charge in [-0.25, -0.2) is 9.97 Å². The summed E-state index contributed by atoms with van der Waals surface area (Å²) >= 11 is 4.52. The highest BCUT2D eigenvalue weighted by molar-refractivity contribution is 7.80. The molecule has 1 aliphatic carbocycles. The monoisotopic (exact) mass is 267 g/mol. The van der Waals surface area contributed by atoms with Crippen LogP contribution in [0.3, 0.4) is 0 Å². The van der Waals surface area contributed by atoms with Gasteiger partial charge in [-0.2, -0.15) is 17.9 Å². The second-order valence-electron chi connectivity index (χ2n) is 4.75. The van der Waals surface area contributed by atoms with Crippen LogP contribution < -0.4 is 0 Å². The van der Waals surface area contributed by atoms with Crippen LogP contribution in [-0.4, -0.2) is 15.2 Å². The maximum absolute atomic E-state index is 8.79. The molecule has 3 nitrogen and oxygen atoms in total. The van der Waals surface area contributed by atoms with Gasteiger partial charge in [-0.15, -0.1) is 0 Å². The van der Waals surface area contributed by atoms with Crippen molar-refractivity contribution in [3.8, 4) is 17.5 Å². The van der Waals surface area contributed by atoms with Crippen molar-refractivity contribution in [1.82, 2.24) is 9.97 Å². The number of benzene rings is 1. The Morgan fingerprint density at radius 2 is 2.05 bits per heavy atom. The van der Waals surface area contributed by atoms with Crippen molar-refractivity contribution in [3.63, 3.8) is 0 Å². The molecule has 0 N–H and O–H groups in total. The van der Waals surface area contributed by atoms with Gasteiger partial charge >= 0.3 is 0 Å². The van der Waals surface area contributed by atoms with Gasteiger partial charge in [0.15, 0.2) is 5.82 Å². The first-order valence-electron chi connectivity index (χ1n) is 6.29. The summed E-state index contributed by atoms with van der Waals surface area (Å²) in [6, 6.07) is 9.48. The van der Waals surface area contributed by atoms with E-state index in [4.69, 9.17) is 5.26 Å². The molecule has 3 rings (SSSR count). The van der Waals surface area contributed by atoms with Crippen LogP contribution in [0.5, 0.6) is 0 Å². The topological polar surface area (TPSA) is 49.6 Å². The second-order valence-corrected chi connectivity index (χ2v) is 5.48. The van der Waals surface area contributed by atoms with Gasteiger partial charge in [0.25, 0.3) is 0 Å². The first-order valence-corrected chi connectivity index (χ1v) is 6.81. The molecule has 0 aliphatic heterocycles. The molecule has 0 saturated heterocycles. The van der Waals surface area contributed by atoms with E-state index < -0.39 is 0 Å². The molecule has 1 aromatic carbocycles. The highest BCUT2D eigenvalue weighted by atomic mass is 32.1. The SMILES string of the molecule is N#Cc1ccc(-c2ncc3c(n2)CCC(S)C3)cc1. The van der Waals surface area contributed by atoms with Crippen LogP contribution in [-0.2, 0) is 12.8 Å². The zero-order valence-corrected chi connectivity index (χ0v) is 11.3. The molecular weight excluding hydrogens is 254 g/mol. The minimum absolute atomic E-state index is 0.428. The predicted molar refractivity (Wildman–Crippen MR) is 77.0 cm³/mol. The van der Waals surface area contributed by atoms with Crippen LogP contribution in [0.4, 0.5) is 0 Å². The zero-order chi connectivity index (χ0) is 13.2. The Kier molecular flexibility index (Phi) is 3.22. The lowest BCUT2D eigenvalue weighted by Gasteiger charge is -2.19. The molecule has 19 heavy (non-hydrogen) atoms. The van der Waals surface area contributed by atoms with Gasteiger partial charge < -0.3 is 0 Å². The molecule has 1 aliphatic rings. The Hall–Kier alpha value is -1.86. The fraction of sp³-hybridized carbons (Fsp3) is 0.267. The molecule has 0 radical (unpaired) electrons. The first kappa shape index (κ1) is 12.2. The number of nitrogens with zero attached hydrogens (tertiary/aromatic N) is 3. The first-order chi connectivity index (χ1) is 9.26. The molecule has 1 aromatic heterocycles. The van der Waals surface area contributed by atoms with Gasteiger partial charge in [-0.05, 0) is 49.1 Å². The lowest BCUT2D eigenvalue weighted by Crippen LogP contribution is -2.16. The number of nitriles is 1. The van der Waals surface area contributed by atoms with Crippen molar-refractivity contribution >= 4 is 12.6 Å². The van der Waals surface area contributed by atoms with E-state index in [0.717, 1.165) is 36.3 Å². The van der Waals surface area contributed by atoms with E-state index in [1.807, 2.05) is 18.3 Å². The van der Waals surface area contributed by atoms with Crippen LogP contribution in [0.15, 0.2) is 30.5 Å². The van der Waals surface area contributed by atoms with Crippen LogP contribution >= 0.6 is 12.6 Å². The minimum atomic E-state index is 0.428. The summed E-state index contributed by atoms with van der Waals surface area (Å²) in [5.41, 5.74) is 3.96. The quantitative estimate of drug-likeness (QED) is 0.808. The van der Waals surface area contributed by atoms with Crippen LogP contribution in [0.1, 0.15) is 23.2 Å². The second kappa shape index (κ2) is 5.02. The summed E-state index contributed by atoms with van der Waals surface area (Å²) in [4.78, 5) is 9.07. The average Bonchev–Trinajstić information content (AvgIpc) is 2.47. The number of hydrogen-bond donors (Lipinski definition) is 1. The molecule has 0 spiro atoms. The normalized spacial score (nSPS) is 17.6. The maximum atomic E-state index is 8.79. The van der Waals surface area contributed by atoms with E-state index in [9.17, 15) is 0 Å². The number of rotatable bonds is 1. The highest BCUT2D eigenvalue weighted by Gasteiger charge is 2.18. The molecule has 1 heterocycles. The van der Waals surface area contributed by atoms with Crippen molar-refractivity contribution < 1.29 is 0 Å². The third-order valence-corrected chi connectivity index (χ3v) is 3.84. The van der Waals surface area contributed by atoms with Crippen molar-refractivity contribution in [2.45, 2.75) is 24.5 Å². The summed E-state index contributed by atoms with van der Waals surface area (Å²) in [7, 11) is 0. The molecule has 1 atom stereocenters. The van der Waals surface area contributed by atoms with Gasteiger partial charge in [-0.1, -0.05) is 0 Å². The Morgan fingerprint density at radius 1 is 1.26 bits per heavy atom. The molecule has 0 fully saturated rings. The Labute approximate surface area is 117 Å². The minimum Gasteiger partial charge on any atom is -0.236 e.